The number of para-hydroxylation sites is 1. The van der Waals surface area contributed by atoms with Gasteiger partial charge in [0.2, 0.25) is 5.91 Å². The molecule has 212 valence electrons. The molecule has 4 rings (SSSR count). The Kier molecular flexibility index (Phi) is 8.05. The van der Waals surface area contributed by atoms with Gasteiger partial charge in [0.1, 0.15) is 30.6 Å². The van der Waals surface area contributed by atoms with Gasteiger partial charge in [0.25, 0.3) is 5.69 Å². The first-order valence-corrected chi connectivity index (χ1v) is 16.2. The molecular weight excluding hydrogens is 528 g/mol. The van der Waals surface area contributed by atoms with Crippen LogP contribution in [0.1, 0.15) is 71.3 Å². The van der Waals surface area contributed by atoms with Crippen LogP contribution in [0.2, 0.25) is 18.1 Å². The number of hydrogen-bond acceptors (Lipinski definition) is 7. The number of aromatic nitrogens is 1. The van der Waals surface area contributed by atoms with Crippen LogP contribution in [-0.4, -0.2) is 35.8 Å². The van der Waals surface area contributed by atoms with Gasteiger partial charge in [-0.1, -0.05) is 39.0 Å². The molecule has 0 aliphatic carbocycles. The molecule has 0 radical (unpaired) electrons. The zero-order chi connectivity index (χ0) is 29.4. The molecule has 0 saturated heterocycles. The quantitative estimate of drug-likeness (QED) is 0.115. The fourth-order valence-electron chi connectivity index (χ4n) is 4.67. The number of carbonyl (C=O) groups excluding carboxylic acids is 2. The molecule has 1 aliphatic rings. The third-order valence-electron chi connectivity index (χ3n) is 7.96. The monoisotopic (exact) mass is 564 g/mol. The molecule has 0 unspecified atom stereocenters. The fourth-order valence-corrected chi connectivity index (χ4v) is 6.09. The van der Waals surface area contributed by atoms with Crippen LogP contribution in [0.25, 0.3) is 0 Å². The van der Waals surface area contributed by atoms with Crippen LogP contribution in [0.5, 0.6) is 5.75 Å². The first-order chi connectivity index (χ1) is 18.7. The van der Waals surface area contributed by atoms with E-state index in [1.807, 2.05) is 44.2 Å². The van der Waals surface area contributed by atoms with Crippen LogP contribution in [0, 0.1) is 17.0 Å². The summed E-state index contributed by atoms with van der Waals surface area (Å²) in [5.41, 5.74) is 2.81. The number of nitro groups is 1. The molecule has 3 aromatic rings. The van der Waals surface area contributed by atoms with Crippen LogP contribution in [0.4, 0.5) is 5.69 Å². The number of non-ortho nitro benzene ring substituents is 1. The van der Waals surface area contributed by atoms with Gasteiger partial charge in [-0.3, -0.25) is 19.5 Å². The first-order valence-electron chi connectivity index (χ1n) is 13.3. The number of carbonyl (C=O) groups is 2. The number of rotatable bonds is 10. The van der Waals surface area contributed by atoms with E-state index in [1.54, 1.807) is 0 Å². The smallest absolute Gasteiger partial charge is 0.356 e. The van der Waals surface area contributed by atoms with E-state index in [2.05, 4.69) is 33.9 Å². The summed E-state index contributed by atoms with van der Waals surface area (Å²) in [7, 11) is -2.15. The average Bonchev–Trinajstić information content (AvgIpc) is 3.13. The number of nitro benzene ring substituents is 1. The summed E-state index contributed by atoms with van der Waals surface area (Å²) in [4.78, 5) is 37.5. The number of hydrogen-bond donors (Lipinski definition) is 0. The third kappa shape index (κ3) is 5.59. The van der Waals surface area contributed by atoms with Gasteiger partial charge in [-0.15, -0.1) is 0 Å². The minimum Gasteiger partial charge on any atom is -0.489 e. The largest absolute Gasteiger partial charge is 0.489 e. The van der Waals surface area contributed by atoms with E-state index >= 15 is 0 Å². The van der Waals surface area contributed by atoms with Crippen molar-refractivity contribution in [1.29, 1.82) is 0 Å². The van der Waals surface area contributed by atoms with Gasteiger partial charge >= 0.3 is 5.97 Å². The normalized spacial score (nSPS) is 15.7. The second-order valence-corrected chi connectivity index (χ2v) is 16.4. The molecule has 0 spiro atoms. The van der Waals surface area contributed by atoms with Gasteiger partial charge in [0.15, 0.2) is 8.32 Å². The topological polar surface area (TPSA) is 110 Å². The number of nitrogens with zero attached hydrogens (tertiary/aromatic N) is 2. The van der Waals surface area contributed by atoms with Gasteiger partial charge in [-0.05, 0) is 67.4 Å². The minimum atomic E-state index is -2.15. The summed E-state index contributed by atoms with van der Waals surface area (Å²) < 4.78 is 19.6. The summed E-state index contributed by atoms with van der Waals surface area (Å²) in [6, 6.07) is 15.0. The van der Waals surface area contributed by atoms with Crippen LogP contribution >= 0.6 is 0 Å². The summed E-state index contributed by atoms with van der Waals surface area (Å²) >= 11 is 0. The highest BCUT2D eigenvalue weighted by atomic mass is 28.4. The van der Waals surface area contributed by atoms with Crippen molar-refractivity contribution in [3.8, 4) is 5.75 Å². The highest BCUT2D eigenvalue weighted by molar-refractivity contribution is 6.74. The van der Waals surface area contributed by atoms with Gasteiger partial charge < -0.3 is 13.9 Å². The van der Waals surface area contributed by atoms with Gasteiger partial charge in [-0.25, -0.2) is 4.79 Å². The highest BCUT2D eigenvalue weighted by Gasteiger charge is 2.49. The zero-order valence-electron chi connectivity index (χ0n) is 24.0. The maximum atomic E-state index is 13.6. The maximum Gasteiger partial charge on any atom is 0.356 e. The SMILES string of the molecule is Cc1c(COc2ccccc2)c(C(=O)OCc2ccc([N+](=O)[O-])cc2)n2c1[C@@H]([C@@H](C)O[Si](C)(C)C(C)(C)C)C2=O. The van der Waals surface area contributed by atoms with E-state index in [1.165, 1.54) is 28.8 Å². The van der Waals surface area contributed by atoms with Gasteiger partial charge in [-0.2, -0.15) is 0 Å². The molecule has 40 heavy (non-hydrogen) atoms. The minimum absolute atomic E-state index is 0.0212. The lowest BCUT2D eigenvalue weighted by Crippen LogP contribution is -2.49. The Morgan fingerprint density at radius 2 is 1.70 bits per heavy atom. The molecular formula is C30H36N2O7Si. The van der Waals surface area contributed by atoms with E-state index in [0.717, 1.165) is 11.3 Å². The van der Waals surface area contributed by atoms with Crippen LogP contribution in [0.3, 0.4) is 0 Å². The van der Waals surface area contributed by atoms with Crippen molar-refractivity contribution in [2.24, 2.45) is 0 Å². The lowest BCUT2D eigenvalue weighted by atomic mass is 9.89. The highest BCUT2D eigenvalue weighted by Crippen LogP contribution is 2.44. The van der Waals surface area contributed by atoms with E-state index in [-0.39, 0.29) is 41.6 Å². The molecule has 0 fully saturated rings. The molecule has 1 aliphatic heterocycles. The van der Waals surface area contributed by atoms with E-state index < -0.39 is 25.1 Å². The van der Waals surface area contributed by atoms with Crippen molar-refractivity contribution in [3.63, 3.8) is 0 Å². The number of fused-ring (bicyclic) bond motifs is 1. The molecule has 0 saturated carbocycles. The number of ether oxygens (including phenoxy) is 2. The molecule has 9 nitrogen and oxygen atoms in total. The predicted molar refractivity (Wildman–Crippen MR) is 153 cm³/mol. The van der Waals surface area contributed by atoms with Crippen molar-refractivity contribution in [2.75, 3.05) is 0 Å². The molecule has 0 N–H and O–H groups in total. The zero-order valence-corrected chi connectivity index (χ0v) is 25.0. The average molecular weight is 565 g/mol. The summed E-state index contributed by atoms with van der Waals surface area (Å²) in [5.74, 6) is -0.735. The Bertz CT molecular complexity index is 1420. The third-order valence-corrected chi connectivity index (χ3v) is 12.5. The molecule has 0 amide bonds. The molecule has 10 heteroatoms. The molecule has 2 aromatic carbocycles. The fraction of sp³-hybridized carbons (Fsp3) is 0.400. The van der Waals surface area contributed by atoms with Gasteiger partial charge in [0, 0.05) is 23.4 Å². The standard InChI is InChI=1S/C30H36N2O7Si/c1-19-24(18-37-23-11-9-8-10-12-23)27(29(34)38-17-21-13-15-22(16-14-21)32(35)36)31-26(19)25(28(31)33)20(2)39-40(6,7)30(3,4)5/h8-16,20,25H,17-18H2,1-7H3/t20-,25-/m1/s1. The lowest BCUT2D eigenvalue weighted by Gasteiger charge is -2.42. The lowest BCUT2D eigenvalue weighted by molar-refractivity contribution is -0.384. The van der Waals surface area contributed by atoms with Crippen molar-refractivity contribution in [3.05, 3.63) is 92.8 Å². The van der Waals surface area contributed by atoms with E-state index in [9.17, 15) is 19.7 Å². The number of esters is 1. The van der Waals surface area contributed by atoms with Crippen molar-refractivity contribution < 1.29 is 28.4 Å². The maximum absolute atomic E-state index is 13.6. The summed E-state index contributed by atoms with van der Waals surface area (Å²) in [5, 5.41) is 10.9. The van der Waals surface area contributed by atoms with Crippen LogP contribution < -0.4 is 4.74 Å². The van der Waals surface area contributed by atoms with Crippen molar-refractivity contribution >= 4 is 25.9 Å². The van der Waals surface area contributed by atoms with E-state index in [0.29, 0.717) is 16.9 Å². The number of benzene rings is 2. The first kappa shape index (κ1) is 29.2. The van der Waals surface area contributed by atoms with Gasteiger partial charge in [0.05, 0.1) is 11.0 Å². The van der Waals surface area contributed by atoms with E-state index in [4.69, 9.17) is 13.9 Å². The Labute approximate surface area is 235 Å². The van der Waals surface area contributed by atoms with Crippen molar-refractivity contribution in [1.82, 2.24) is 4.57 Å². The molecule has 2 atom stereocenters. The Hall–Kier alpha value is -3.76. The van der Waals surface area contributed by atoms with Crippen LogP contribution in [-0.2, 0) is 22.4 Å². The Morgan fingerprint density at radius 3 is 2.27 bits per heavy atom. The predicted octanol–water partition coefficient (Wildman–Crippen LogP) is 6.79. The molecule has 1 aromatic heterocycles. The summed E-state index contributed by atoms with van der Waals surface area (Å²) in [6.07, 6.45) is -0.360. The Morgan fingerprint density at radius 1 is 1.07 bits per heavy atom. The van der Waals surface area contributed by atoms with Crippen LogP contribution in [0.15, 0.2) is 54.6 Å². The second kappa shape index (κ2) is 11.0. The van der Waals surface area contributed by atoms with Crippen molar-refractivity contribution in [2.45, 2.75) is 78.0 Å². The Balaban J connectivity index is 1.63. The summed E-state index contributed by atoms with van der Waals surface area (Å²) in [6.45, 7) is 14.6. The molecule has 0 bridgehead atoms. The second-order valence-electron chi connectivity index (χ2n) is 11.7. The molecule has 2 heterocycles.